The van der Waals surface area contributed by atoms with Crippen molar-refractivity contribution in [1.82, 2.24) is 25.5 Å². The molecule has 170 valence electrons. The number of methoxy groups -OCH3 is 2. The summed E-state index contributed by atoms with van der Waals surface area (Å²) in [7, 11) is 3.17. The van der Waals surface area contributed by atoms with Crippen LogP contribution in [0.3, 0.4) is 0 Å². The van der Waals surface area contributed by atoms with Gasteiger partial charge < -0.3 is 14.2 Å². The van der Waals surface area contributed by atoms with Crippen molar-refractivity contribution in [3.8, 4) is 0 Å². The second-order valence-corrected chi connectivity index (χ2v) is 7.07. The topological polar surface area (TPSA) is 100 Å². The van der Waals surface area contributed by atoms with Crippen LogP contribution in [0, 0.1) is 0 Å². The van der Waals surface area contributed by atoms with E-state index in [-0.39, 0.29) is 18.4 Å². The fourth-order valence-electron chi connectivity index (χ4n) is 3.49. The van der Waals surface area contributed by atoms with Crippen LogP contribution in [-0.4, -0.2) is 59.8 Å². The summed E-state index contributed by atoms with van der Waals surface area (Å²) in [6, 6.07) is 18.7. The molecule has 0 fully saturated rings. The first kappa shape index (κ1) is 23.5. The number of benzene rings is 2. The fourth-order valence-corrected chi connectivity index (χ4v) is 3.49. The molecule has 1 N–H and O–H groups in total. The summed E-state index contributed by atoms with van der Waals surface area (Å²) in [5.41, 5.74) is 1.88. The summed E-state index contributed by atoms with van der Waals surface area (Å²) in [6.07, 6.45) is -0.328. The number of esters is 1. The molecular weight excluding hydrogens is 410 g/mol. The van der Waals surface area contributed by atoms with Crippen LogP contribution in [0.15, 0.2) is 60.7 Å². The number of carbonyl (C=O) groups excluding carboxylic acids is 1. The van der Waals surface area contributed by atoms with Crippen LogP contribution < -0.4 is 5.32 Å². The van der Waals surface area contributed by atoms with E-state index in [4.69, 9.17) is 14.2 Å². The van der Waals surface area contributed by atoms with Crippen LogP contribution in [0.2, 0.25) is 0 Å². The predicted octanol–water partition coefficient (Wildman–Crippen LogP) is 2.51. The third kappa shape index (κ3) is 5.97. The first-order valence-corrected chi connectivity index (χ1v) is 10.5. The molecule has 3 aromatic rings. The van der Waals surface area contributed by atoms with E-state index in [1.807, 2.05) is 60.7 Å². The van der Waals surface area contributed by atoms with E-state index in [0.717, 1.165) is 11.1 Å². The smallest absolute Gasteiger partial charge is 0.308 e. The quantitative estimate of drug-likeness (QED) is 0.339. The van der Waals surface area contributed by atoms with E-state index < -0.39 is 12.3 Å². The fraction of sp³-hybridized carbons (Fsp3) is 0.391. The zero-order valence-corrected chi connectivity index (χ0v) is 18.5. The van der Waals surface area contributed by atoms with Crippen molar-refractivity contribution < 1.29 is 19.0 Å². The Bertz CT molecular complexity index is 947. The second kappa shape index (κ2) is 12.0. The van der Waals surface area contributed by atoms with Crippen LogP contribution >= 0.6 is 0 Å². The Morgan fingerprint density at radius 1 is 1.00 bits per heavy atom. The second-order valence-electron chi connectivity index (χ2n) is 7.07. The van der Waals surface area contributed by atoms with Gasteiger partial charge in [0.15, 0.2) is 12.1 Å². The van der Waals surface area contributed by atoms with Gasteiger partial charge in [-0.05, 0) is 28.5 Å². The molecule has 2 aromatic carbocycles. The minimum atomic E-state index is -0.435. The van der Waals surface area contributed by atoms with Crippen LogP contribution in [-0.2, 0) is 19.0 Å². The van der Waals surface area contributed by atoms with Crippen molar-refractivity contribution in [1.29, 1.82) is 0 Å². The minimum Gasteiger partial charge on any atom is -0.466 e. The lowest BCUT2D eigenvalue weighted by molar-refractivity contribution is -0.143. The third-order valence-corrected chi connectivity index (χ3v) is 5.07. The Morgan fingerprint density at radius 2 is 1.62 bits per heavy atom. The maximum Gasteiger partial charge on any atom is 0.308 e. The third-order valence-electron chi connectivity index (χ3n) is 5.07. The molecular formula is C23H29N5O4. The number of ether oxygens (including phenoxy) is 3. The van der Waals surface area contributed by atoms with Gasteiger partial charge in [0.2, 0.25) is 0 Å². The van der Waals surface area contributed by atoms with Crippen molar-refractivity contribution in [2.75, 3.05) is 27.4 Å². The Morgan fingerprint density at radius 3 is 2.22 bits per heavy atom. The molecule has 3 rings (SSSR count). The monoisotopic (exact) mass is 439 g/mol. The van der Waals surface area contributed by atoms with Gasteiger partial charge in [0, 0.05) is 20.8 Å². The molecule has 1 heterocycles. The van der Waals surface area contributed by atoms with E-state index in [1.165, 1.54) is 0 Å². The highest BCUT2D eigenvalue weighted by Crippen LogP contribution is 2.27. The van der Waals surface area contributed by atoms with Gasteiger partial charge in [-0.1, -0.05) is 60.7 Å². The Balaban J connectivity index is 2.00. The number of nitrogens with zero attached hydrogens (tertiary/aromatic N) is 4. The molecule has 0 spiro atoms. The SMILES string of the molecule is CCOC(=O)CC(c1ccccc1)n1nnnc1C(NCC(OC)OC)c1ccccc1. The number of hydrogen-bond acceptors (Lipinski definition) is 8. The maximum atomic E-state index is 12.4. The molecule has 0 aliphatic carbocycles. The number of carbonyl (C=O) groups is 1. The van der Waals surface area contributed by atoms with Gasteiger partial charge in [-0.3, -0.25) is 10.1 Å². The van der Waals surface area contributed by atoms with Crippen LogP contribution in [0.4, 0.5) is 0 Å². The van der Waals surface area contributed by atoms with Crippen LogP contribution in [0.25, 0.3) is 0 Å². The van der Waals surface area contributed by atoms with Gasteiger partial charge in [-0.2, -0.15) is 0 Å². The first-order valence-electron chi connectivity index (χ1n) is 10.5. The molecule has 9 heteroatoms. The Kier molecular flexibility index (Phi) is 8.85. The Labute approximate surface area is 187 Å². The molecule has 0 bridgehead atoms. The van der Waals surface area contributed by atoms with E-state index in [1.54, 1.807) is 25.8 Å². The van der Waals surface area contributed by atoms with Crippen molar-refractivity contribution in [2.24, 2.45) is 0 Å². The van der Waals surface area contributed by atoms with Crippen molar-refractivity contribution in [3.05, 3.63) is 77.6 Å². The molecule has 2 atom stereocenters. The first-order chi connectivity index (χ1) is 15.7. The lowest BCUT2D eigenvalue weighted by Gasteiger charge is -2.24. The molecule has 0 saturated carbocycles. The van der Waals surface area contributed by atoms with Crippen LogP contribution in [0.1, 0.15) is 42.4 Å². The standard InChI is InChI=1S/C23H29N5O4/c1-4-32-20(29)15-19(17-11-7-5-8-12-17)28-23(25-26-27-28)22(18-13-9-6-10-14-18)24-16-21(30-2)31-3/h5-14,19,21-22,24H,4,15-16H2,1-3H3. The Hall–Kier alpha value is -3.14. The summed E-state index contributed by atoms with van der Waals surface area (Å²) in [4.78, 5) is 12.4. The molecule has 9 nitrogen and oxygen atoms in total. The van der Waals surface area contributed by atoms with Crippen molar-refractivity contribution >= 4 is 5.97 Å². The number of tetrazole rings is 1. The highest BCUT2D eigenvalue weighted by atomic mass is 16.7. The van der Waals surface area contributed by atoms with Crippen LogP contribution in [0.5, 0.6) is 0 Å². The summed E-state index contributed by atoms with van der Waals surface area (Å²) in [5.74, 6) is 0.256. The van der Waals surface area contributed by atoms with Gasteiger partial charge in [0.1, 0.15) is 0 Å². The van der Waals surface area contributed by atoms with Gasteiger partial charge in [-0.15, -0.1) is 5.10 Å². The number of hydrogen-bond donors (Lipinski definition) is 1. The van der Waals surface area contributed by atoms with Crippen molar-refractivity contribution in [3.63, 3.8) is 0 Å². The van der Waals surface area contributed by atoms with Gasteiger partial charge in [-0.25, -0.2) is 4.68 Å². The summed E-state index contributed by atoms with van der Waals surface area (Å²) >= 11 is 0. The number of rotatable bonds is 12. The maximum absolute atomic E-state index is 12.4. The average molecular weight is 440 g/mol. The summed E-state index contributed by atoms with van der Waals surface area (Å²) in [5, 5.41) is 16.0. The van der Waals surface area contributed by atoms with Gasteiger partial charge in [0.05, 0.1) is 25.1 Å². The molecule has 0 saturated heterocycles. The van der Waals surface area contributed by atoms with E-state index in [0.29, 0.717) is 19.0 Å². The zero-order chi connectivity index (χ0) is 22.8. The molecule has 0 aliphatic heterocycles. The number of aromatic nitrogens is 4. The molecule has 0 amide bonds. The minimum absolute atomic E-state index is 0.107. The van der Waals surface area contributed by atoms with E-state index in [9.17, 15) is 4.79 Å². The largest absolute Gasteiger partial charge is 0.466 e. The predicted molar refractivity (Wildman–Crippen MR) is 118 cm³/mol. The zero-order valence-electron chi connectivity index (χ0n) is 18.5. The van der Waals surface area contributed by atoms with E-state index in [2.05, 4.69) is 20.8 Å². The normalized spacial score (nSPS) is 13.1. The van der Waals surface area contributed by atoms with Gasteiger partial charge >= 0.3 is 5.97 Å². The lowest BCUT2D eigenvalue weighted by atomic mass is 10.0. The highest BCUT2D eigenvalue weighted by Gasteiger charge is 2.28. The van der Waals surface area contributed by atoms with E-state index >= 15 is 0 Å². The van der Waals surface area contributed by atoms with Crippen molar-refractivity contribution in [2.45, 2.75) is 31.7 Å². The molecule has 1 aromatic heterocycles. The molecule has 0 aliphatic rings. The van der Waals surface area contributed by atoms with Gasteiger partial charge in [0.25, 0.3) is 0 Å². The average Bonchev–Trinajstić information content (AvgIpc) is 3.31. The number of nitrogens with one attached hydrogen (secondary N) is 1. The summed E-state index contributed by atoms with van der Waals surface area (Å²) in [6.45, 7) is 2.51. The summed E-state index contributed by atoms with van der Waals surface area (Å²) < 4.78 is 17.6. The molecule has 2 unspecified atom stereocenters. The molecule has 0 radical (unpaired) electrons. The molecule has 32 heavy (non-hydrogen) atoms. The lowest BCUT2D eigenvalue weighted by Crippen LogP contribution is -2.35. The highest BCUT2D eigenvalue weighted by molar-refractivity contribution is 5.70.